The number of rotatable bonds is 8. The zero-order valence-corrected chi connectivity index (χ0v) is 16.3. The summed E-state index contributed by atoms with van der Waals surface area (Å²) < 4.78 is 11.0. The summed E-state index contributed by atoms with van der Waals surface area (Å²) >= 11 is 0. The molecule has 4 heteroatoms. The van der Waals surface area contributed by atoms with Gasteiger partial charge < -0.3 is 14.4 Å². The van der Waals surface area contributed by atoms with Crippen LogP contribution in [0, 0.1) is 0 Å². The van der Waals surface area contributed by atoms with Gasteiger partial charge in [0, 0.05) is 18.7 Å². The number of carbonyl (C=O) groups is 1. The van der Waals surface area contributed by atoms with Crippen molar-refractivity contribution in [1.29, 1.82) is 0 Å². The van der Waals surface area contributed by atoms with Crippen LogP contribution < -0.4 is 9.47 Å². The van der Waals surface area contributed by atoms with Gasteiger partial charge in [0.2, 0.25) is 0 Å². The standard InChI is InChI=1S/C24H25NO3/c1-3-28-22-15-14-21(16-23(22)27-2)24(26)25(17-19-10-6-4-7-11-19)18-20-12-8-5-9-13-20/h4-16H,3,17-18H2,1-2H3. The third-order valence-electron chi connectivity index (χ3n) is 4.43. The van der Waals surface area contributed by atoms with Gasteiger partial charge >= 0.3 is 0 Å². The molecule has 28 heavy (non-hydrogen) atoms. The van der Waals surface area contributed by atoms with Crippen LogP contribution in [-0.2, 0) is 13.1 Å². The number of benzene rings is 3. The van der Waals surface area contributed by atoms with Crippen LogP contribution in [0.25, 0.3) is 0 Å². The Bertz CT molecular complexity index is 853. The lowest BCUT2D eigenvalue weighted by Gasteiger charge is -2.24. The smallest absolute Gasteiger partial charge is 0.254 e. The van der Waals surface area contributed by atoms with E-state index in [-0.39, 0.29) is 5.91 Å². The second-order valence-corrected chi connectivity index (χ2v) is 6.43. The number of hydrogen-bond donors (Lipinski definition) is 0. The van der Waals surface area contributed by atoms with Crippen LogP contribution in [0.4, 0.5) is 0 Å². The van der Waals surface area contributed by atoms with Gasteiger partial charge in [0.25, 0.3) is 5.91 Å². The van der Waals surface area contributed by atoms with Crippen molar-refractivity contribution in [2.75, 3.05) is 13.7 Å². The van der Waals surface area contributed by atoms with Crippen molar-refractivity contribution >= 4 is 5.91 Å². The summed E-state index contributed by atoms with van der Waals surface area (Å²) in [6, 6.07) is 25.4. The van der Waals surface area contributed by atoms with Gasteiger partial charge in [-0.2, -0.15) is 0 Å². The lowest BCUT2D eigenvalue weighted by atomic mass is 10.1. The first-order chi connectivity index (χ1) is 13.7. The summed E-state index contributed by atoms with van der Waals surface area (Å²) in [4.78, 5) is 15.2. The van der Waals surface area contributed by atoms with Crippen LogP contribution in [0.5, 0.6) is 11.5 Å². The predicted octanol–water partition coefficient (Wildman–Crippen LogP) is 4.94. The first kappa shape index (κ1) is 19.5. The molecule has 3 rings (SSSR count). The molecule has 0 atom stereocenters. The SMILES string of the molecule is CCOc1ccc(C(=O)N(Cc2ccccc2)Cc2ccccc2)cc1OC. The van der Waals surface area contributed by atoms with E-state index in [4.69, 9.17) is 9.47 Å². The molecule has 0 saturated carbocycles. The highest BCUT2D eigenvalue weighted by atomic mass is 16.5. The monoisotopic (exact) mass is 375 g/mol. The Labute approximate surface area is 166 Å². The molecule has 0 spiro atoms. The van der Waals surface area contributed by atoms with Crippen LogP contribution >= 0.6 is 0 Å². The molecule has 144 valence electrons. The first-order valence-electron chi connectivity index (χ1n) is 9.39. The summed E-state index contributed by atoms with van der Waals surface area (Å²) in [6.07, 6.45) is 0. The Morgan fingerprint density at radius 3 is 1.89 bits per heavy atom. The largest absolute Gasteiger partial charge is 0.493 e. The summed E-state index contributed by atoms with van der Waals surface area (Å²) in [5.74, 6) is 1.15. The quantitative estimate of drug-likeness (QED) is 0.560. The van der Waals surface area contributed by atoms with Crippen molar-refractivity contribution in [3.05, 3.63) is 95.6 Å². The second kappa shape index (κ2) is 9.60. The van der Waals surface area contributed by atoms with Crippen LogP contribution in [0.15, 0.2) is 78.9 Å². The van der Waals surface area contributed by atoms with E-state index in [1.807, 2.05) is 72.5 Å². The summed E-state index contributed by atoms with van der Waals surface area (Å²) in [6.45, 7) is 3.52. The van der Waals surface area contributed by atoms with Crippen LogP contribution in [0.2, 0.25) is 0 Å². The maximum Gasteiger partial charge on any atom is 0.254 e. The van der Waals surface area contributed by atoms with Crippen LogP contribution in [0.3, 0.4) is 0 Å². The van der Waals surface area contributed by atoms with Crippen LogP contribution in [0.1, 0.15) is 28.4 Å². The first-order valence-corrected chi connectivity index (χ1v) is 9.39. The topological polar surface area (TPSA) is 38.8 Å². The van der Waals surface area contributed by atoms with Crippen LogP contribution in [-0.4, -0.2) is 24.5 Å². The van der Waals surface area contributed by atoms with E-state index >= 15 is 0 Å². The fourth-order valence-electron chi connectivity index (χ4n) is 3.07. The highest BCUT2D eigenvalue weighted by Gasteiger charge is 2.19. The number of ether oxygens (including phenoxy) is 2. The van der Waals surface area contributed by atoms with Gasteiger partial charge in [-0.3, -0.25) is 4.79 Å². The highest BCUT2D eigenvalue weighted by Crippen LogP contribution is 2.29. The Morgan fingerprint density at radius 1 is 0.821 bits per heavy atom. The van der Waals surface area contributed by atoms with Crippen molar-refractivity contribution in [2.24, 2.45) is 0 Å². The highest BCUT2D eigenvalue weighted by molar-refractivity contribution is 5.95. The summed E-state index contributed by atoms with van der Waals surface area (Å²) in [5, 5.41) is 0. The third kappa shape index (κ3) is 4.92. The Morgan fingerprint density at radius 2 is 1.39 bits per heavy atom. The summed E-state index contributed by atoms with van der Waals surface area (Å²) in [7, 11) is 1.58. The molecule has 0 aliphatic carbocycles. The van der Waals surface area contributed by atoms with Crippen molar-refractivity contribution in [3.63, 3.8) is 0 Å². The molecule has 3 aromatic rings. The molecule has 0 aromatic heterocycles. The van der Waals surface area contributed by atoms with Gasteiger partial charge in [-0.15, -0.1) is 0 Å². The van der Waals surface area contributed by atoms with Crippen molar-refractivity contribution < 1.29 is 14.3 Å². The molecule has 0 heterocycles. The van der Waals surface area contributed by atoms with E-state index in [0.717, 1.165) is 11.1 Å². The van der Waals surface area contributed by atoms with E-state index in [0.29, 0.717) is 36.8 Å². The molecule has 0 saturated heterocycles. The lowest BCUT2D eigenvalue weighted by molar-refractivity contribution is 0.0729. The average molecular weight is 375 g/mol. The molecule has 4 nitrogen and oxygen atoms in total. The fourth-order valence-corrected chi connectivity index (χ4v) is 3.07. The van der Waals surface area contributed by atoms with Gasteiger partial charge in [0.15, 0.2) is 11.5 Å². The van der Waals surface area contributed by atoms with Crippen molar-refractivity contribution in [2.45, 2.75) is 20.0 Å². The Kier molecular flexibility index (Phi) is 6.68. The molecule has 0 radical (unpaired) electrons. The maximum atomic E-state index is 13.3. The molecule has 0 unspecified atom stereocenters. The van der Waals surface area contributed by atoms with E-state index in [9.17, 15) is 4.79 Å². The van der Waals surface area contributed by atoms with E-state index < -0.39 is 0 Å². The molecule has 1 amide bonds. The van der Waals surface area contributed by atoms with E-state index in [2.05, 4.69) is 0 Å². The molecule has 3 aromatic carbocycles. The average Bonchev–Trinajstić information content (AvgIpc) is 2.75. The lowest BCUT2D eigenvalue weighted by Crippen LogP contribution is -2.30. The van der Waals surface area contributed by atoms with Gasteiger partial charge in [0.05, 0.1) is 13.7 Å². The number of nitrogens with zero attached hydrogens (tertiary/aromatic N) is 1. The predicted molar refractivity (Wildman–Crippen MR) is 111 cm³/mol. The van der Waals surface area contributed by atoms with Gasteiger partial charge in [-0.25, -0.2) is 0 Å². The zero-order chi connectivity index (χ0) is 19.8. The molecule has 0 N–H and O–H groups in total. The maximum absolute atomic E-state index is 13.3. The minimum Gasteiger partial charge on any atom is -0.493 e. The zero-order valence-electron chi connectivity index (χ0n) is 16.3. The molecule has 0 aliphatic rings. The van der Waals surface area contributed by atoms with Gasteiger partial charge in [-0.1, -0.05) is 60.7 Å². The van der Waals surface area contributed by atoms with E-state index in [1.54, 1.807) is 25.3 Å². The molecular formula is C24H25NO3. The van der Waals surface area contributed by atoms with Crippen molar-refractivity contribution in [1.82, 2.24) is 4.90 Å². The van der Waals surface area contributed by atoms with Crippen molar-refractivity contribution in [3.8, 4) is 11.5 Å². The second-order valence-electron chi connectivity index (χ2n) is 6.43. The number of amides is 1. The molecule has 0 bridgehead atoms. The van der Waals surface area contributed by atoms with Gasteiger partial charge in [0.1, 0.15) is 0 Å². The van der Waals surface area contributed by atoms with Gasteiger partial charge in [-0.05, 0) is 36.2 Å². The van der Waals surface area contributed by atoms with E-state index in [1.165, 1.54) is 0 Å². The number of methoxy groups -OCH3 is 1. The molecular weight excluding hydrogens is 350 g/mol. The minimum atomic E-state index is -0.0472. The Hall–Kier alpha value is -3.27. The molecule has 0 aliphatic heterocycles. The molecule has 0 fully saturated rings. The number of hydrogen-bond acceptors (Lipinski definition) is 3. The Balaban J connectivity index is 1.89. The normalized spacial score (nSPS) is 10.4. The fraction of sp³-hybridized carbons (Fsp3) is 0.208. The summed E-state index contributed by atoms with van der Waals surface area (Å²) in [5.41, 5.74) is 2.75. The number of carbonyl (C=O) groups excluding carboxylic acids is 1. The minimum absolute atomic E-state index is 0.0472. The third-order valence-corrected chi connectivity index (χ3v) is 4.43.